The molecule has 5 nitrogen and oxygen atoms in total. The summed E-state index contributed by atoms with van der Waals surface area (Å²) in [6, 6.07) is 14.7. The maximum absolute atomic E-state index is 12.5. The van der Waals surface area contributed by atoms with Crippen LogP contribution in [0.25, 0.3) is 10.9 Å². The molecule has 0 radical (unpaired) electrons. The predicted molar refractivity (Wildman–Crippen MR) is 113 cm³/mol. The summed E-state index contributed by atoms with van der Waals surface area (Å²) in [7, 11) is 0. The number of benzene rings is 2. The van der Waals surface area contributed by atoms with E-state index in [4.69, 9.17) is 21.3 Å². The molecule has 6 heteroatoms. The highest BCUT2D eigenvalue weighted by atomic mass is 35.5. The Morgan fingerprint density at radius 1 is 1.03 bits per heavy atom. The molecule has 3 aromatic rings. The molecule has 0 saturated carbocycles. The minimum atomic E-state index is -0.455. The highest BCUT2D eigenvalue weighted by Gasteiger charge is 2.20. The van der Waals surface area contributed by atoms with Crippen LogP contribution in [0.15, 0.2) is 48.5 Å². The molecule has 0 fully saturated rings. The molecule has 1 N–H and O–H groups in total. The Kier molecular flexibility index (Phi) is 5.76. The van der Waals surface area contributed by atoms with Gasteiger partial charge in [-0.15, -0.1) is 0 Å². The summed E-state index contributed by atoms with van der Waals surface area (Å²) in [6.07, 6.45) is 4.08. The smallest absolute Gasteiger partial charge is 0.310 e. The van der Waals surface area contributed by atoms with Crippen molar-refractivity contribution in [3.05, 3.63) is 70.4 Å². The number of carbonyl (C=O) groups is 2. The van der Waals surface area contributed by atoms with E-state index in [1.165, 1.54) is 0 Å². The number of anilines is 1. The summed E-state index contributed by atoms with van der Waals surface area (Å²) in [4.78, 5) is 29.3. The molecule has 29 heavy (non-hydrogen) atoms. The number of amides is 1. The Balaban J connectivity index is 1.45. The van der Waals surface area contributed by atoms with Gasteiger partial charge in [0.1, 0.15) is 0 Å². The predicted octanol–water partition coefficient (Wildman–Crippen LogP) is 4.49. The summed E-state index contributed by atoms with van der Waals surface area (Å²) in [5, 5.41) is 4.48. The summed E-state index contributed by atoms with van der Waals surface area (Å²) in [6.45, 7) is -0.322. The zero-order chi connectivity index (χ0) is 20.2. The van der Waals surface area contributed by atoms with Gasteiger partial charge in [-0.1, -0.05) is 41.9 Å². The lowest BCUT2D eigenvalue weighted by Crippen LogP contribution is -2.23. The first-order valence-electron chi connectivity index (χ1n) is 9.70. The molecule has 1 amide bonds. The van der Waals surface area contributed by atoms with Gasteiger partial charge in [-0.05, 0) is 55.0 Å². The number of nitrogens with one attached hydrogen (secondary N) is 1. The van der Waals surface area contributed by atoms with Gasteiger partial charge >= 0.3 is 5.97 Å². The van der Waals surface area contributed by atoms with E-state index in [-0.39, 0.29) is 18.9 Å². The Bertz CT molecular complexity index is 1060. The Labute approximate surface area is 174 Å². The number of ether oxygens (including phenoxy) is 1. The largest absolute Gasteiger partial charge is 0.455 e. The molecule has 4 rings (SSSR count). The molecule has 2 aromatic carbocycles. The standard InChI is InChI=1S/C23H21ClN2O3/c24-16-11-9-15(10-12-16)13-22(28)29-14-21(27)26-23-17-5-1-3-7-19(17)25-20-8-4-2-6-18(20)23/h1,3,5,7,9-12H,2,4,6,8,13-14H2,(H,25,26,27). The van der Waals surface area contributed by atoms with Crippen LogP contribution in [0.2, 0.25) is 5.02 Å². The molecule has 0 bridgehead atoms. The molecular weight excluding hydrogens is 388 g/mol. The molecule has 0 aliphatic heterocycles. The van der Waals surface area contributed by atoms with E-state index >= 15 is 0 Å². The van der Waals surface area contributed by atoms with Gasteiger partial charge in [0.25, 0.3) is 5.91 Å². The summed E-state index contributed by atoms with van der Waals surface area (Å²) >= 11 is 5.85. The zero-order valence-corrected chi connectivity index (χ0v) is 16.7. The van der Waals surface area contributed by atoms with Crippen LogP contribution in [0.3, 0.4) is 0 Å². The number of hydrogen-bond donors (Lipinski definition) is 1. The van der Waals surface area contributed by atoms with Crippen LogP contribution < -0.4 is 5.32 Å². The molecule has 1 heterocycles. The SMILES string of the molecule is O=C(COC(=O)Cc1ccc(Cl)cc1)Nc1c2c(nc3ccccc13)CCCC2. The maximum Gasteiger partial charge on any atom is 0.310 e. The zero-order valence-electron chi connectivity index (χ0n) is 15.9. The van der Waals surface area contributed by atoms with E-state index in [1.807, 2.05) is 24.3 Å². The number of halogens is 1. The number of fused-ring (bicyclic) bond motifs is 2. The summed E-state index contributed by atoms with van der Waals surface area (Å²) < 4.78 is 5.17. The first kappa shape index (κ1) is 19.4. The minimum absolute atomic E-state index is 0.0953. The lowest BCUT2D eigenvalue weighted by molar-refractivity contribution is -0.146. The van der Waals surface area contributed by atoms with Crippen molar-refractivity contribution < 1.29 is 14.3 Å². The lowest BCUT2D eigenvalue weighted by Gasteiger charge is -2.21. The Morgan fingerprint density at radius 3 is 2.62 bits per heavy atom. The minimum Gasteiger partial charge on any atom is -0.455 e. The van der Waals surface area contributed by atoms with Gasteiger partial charge in [0, 0.05) is 16.1 Å². The van der Waals surface area contributed by atoms with Crippen LogP contribution in [0.1, 0.15) is 29.7 Å². The van der Waals surface area contributed by atoms with Crippen molar-refractivity contribution in [3.8, 4) is 0 Å². The third-order valence-electron chi connectivity index (χ3n) is 5.06. The van der Waals surface area contributed by atoms with Crippen LogP contribution in [0.5, 0.6) is 0 Å². The quantitative estimate of drug-likeness (QED) is 0.631. The number of aryl methyl sites for hydroxylation is 1. The second kappa shape index (κ2) is 8.62. The fraction of sp³-hybridized carbons (Fsp3) is 0.261. The van der Waals surface area contributed by atoms with Gasteiger partial charge in [0.05, 0.1) is 17.6 Å². The maximum atomic E-state index is 12.5. The lowest BCUT2D eigenvalue weighted by atomic mass is 9.92. The molecule has 0 unspecified atom stereocenters. The third-order valence-corrected chi connectivity index (χ3v) is 5.31. The van der Waals surface area contributed by atoms with Crippen molar-refractivity contribution >= 4 is 40.1 Å². The fourth-order valence-electron chi connectivity index (χ4n) is 3.66. The van der Waals surface area contributed by atoms with Crippen molar-refractivity contribution in [2.45, 2.75) is 32.1 Å². The van der Waals surface area contributed by atoms with Gasteiger partial charge < -0.3 is 10.1 Å². The highest BCUT2D eigenvalue weighted by molar-refractivity contribution is 6.30. The number of carbonyl (C=O) groups excluding carboxylic acids is 2. The molecule has 1 aliphatic rings. The van der Waals surface area contributed by atoms with Crippen LogP contribution >= 0.6 is 11.6 Å². The molecule has 0 atom stereocenters. The number of rotatable bonds is 5. The molecule has 148 valence electrons. The van der Waals surface area contributed by atoms with Gasteiger partial charge in [0.2, 0.25) is 0 Å². The number of para-hydroxylation sites is 1. The first-order chi connectivity index (χ1) is 14.1. The van der Waals surface area contributed by atoms with E-state index in [1.54, 1.807) is 24.3 Å². The van der Waals surface area contributed by atoms with E-state index in [2.05, 4.69) is 5.32 Å². The second-order valence-corrected chi connectivity index (χ2v) is 7.58. The van der Waals surface area contributed by atoms with E-state index in [9.17, 15) is 9.59 Å². The number of pyridine rings is 1. The number of nitrogens with zero attached hydrogens (tertiary/aromatic N) is 1. The Hall–Kier alpha value is -2.92. The molecule has 0 saturated heterocycles. The first-order valence-corrected chi connectivity index (χ1v) is 10.1. The molecule has 1 aromatic heterocycles. The van der Waals surface area contributed by atoms with Gasteiger partial charge in [-0.2, -0.15) is 0 Å². The number of aromatic nitrogens is 1. The molecular formula is C23H21ClN2O3. The average Bonchev–Trinajstić information content (AvgIpc) is 2.74. The molecule has 0 spiro atoms. The second-order valence-electron chi connectivity index (χ2n) is 7.15. The van der Waals surface area contributed by atoms with Crippen LogP contribution in [-0.4, -0.2) is 23.5 Å². The average molecular weight is 409 g/mol. The van der Waals surface area contributed by atoms with Gasteiger partial charge in [-0.25, -0.2) is 0 Å². The monoisotopic (exact) mass is 408 g/mol. The van der Waals surface area contributed by atoms with Gasteiger partial charge in [0.15, 0.2) is 6.61 Å². The summed E-state index contributed by atoms with van der Waals surface area (Å²) in [5.41, 5.74) is 4.59. The topological polar surface area (TPSA) is 68.3 Å². The number of esters is 1. The molecule has 1 aliphatic carbocycles. The van der Waals surface area contributed by atoms with Crippen LogP contribution in [0, 0.1) is 0 Å². The van der Waals surface area contributed by atoms with Crippen molar-refractivity contribution in [1.29, 1.82) is 0 Å². The normalized spacial score (nSPS) is 13.0. The van der Waals surface area contributed by atoms with Crippen molar-refractivity contribution in [3.63, 3.8) is 0 Å². The highest BCUT2D eigenvalue weighted by Crippen LogP contribution is 2.33. The van der Waals surface area contributed by atoms with E-state index < -0.39 is 5.97 Å². The number of hydrogen-bond acceptors (Lipinski definition) is 4. The van der Waals surface area contributed by atoms with E-state index in [0.717, 1.165) is 59.1 Å². The van der Waals surface area contributed by atoms with E-state index in [0.29, 0.717) is 5.02 Å². The van der Waals surface area contributed by atoms with Crippen LogP contribution in [-0.2, 0) is 33.6 Å². The third kappa shape index (κ3) is 4.57. The van der Waals surface area contributed by atoms with Crippen molar-refractivity contribution in [2.24, 2.45) is 0 Å². The fourth-order valence-corrected chi connectivity index (χ4v) is 3.78. The van der Waals surface area contributed by atoms with Gasteiger partial charge in [-0.3, -0.25) is 14.6 Å². The van der Waals surface area contributed by atoms with Crippen molar-refractivity contribution in [2.75, 3.05) is 11.9 Å². The van der Waals surface area contributed by atoms with Crippen molar-refractivity contribution in [1.82, 2.24) is 4.98 Å². The Morgan fingerprint density at radius 2 is 1.79 bits per heavy atom. The summed E-state index contributed by atoms with van der Waals surface area (Å²) in [5.74, 6) is -0.803. The van der Waals surface area contributed by atoms with Crippen LogP contribution in [0.4, 0.5) is 5.69 Å².